The van der Waals surface area contributed by atoms with Crippen molar-refractivity contribution in [3.05, 3.63) is 47.1 Å². The normalized spacial score (nSPS) is 21.2. The third-order valence-corrected chi connectivity index (χ3v) is 13.0. The number of benzene rings is 1. The summed E-state index contributed by atoms with van der Waals surface area (Å²) in [7, 11) is -3.15. The molecule has 2 saturated heterocycles. The van der Waals surface area contributed by atoms with E-state index < -0.39 is 36.0 Å². The molecule has 1 aromatic heterocycles. The zero-order valence-corrected chi connectivity index (χ0v) is 34.0. The van der Waals surface area contributed by atoms with Crippen LogP contribution < -0.4 is 25.6 Å². The van der Waals surface area contributed by atoms with Crippen LogP contribution in [0.1, 0.15) is 50.5 Å². The zero-order valence-electron chi connectivity index (χ0n) is 32.5. The van der Waals surface area contributed by atoms with E-state index in [1.807, 2.05) is 7.05 Å². The molecule has 3 fully saturated rings. The van der Waals surface area contributed by atoms with Gasteiger partial charge in [0.15, 0.2) is 0 Å². The number of carbonyl (C=O) groups excluding carboxylic acids is 2. The molecule has 2 aliphatic heterocycles. The molecule has 0 unspecified atom stereocenters. The minimum absolute atomic E-state index is 0.0767. The van der Waals surface area contributed by atoms with E-state index in [2.05, 4.69) is 25.7 Å². The number of piperazine rings is 1. The monoisotopic (exact) mass is 822 g/mol. The Morgan fingerprint density at radius 3 is 2.27 bits per heavy atom. The van der Waals surface area contributed by atoms with Gasteiger partial charge in [-0.2, -0.15) is 4.31 Å². The number of amides is 2. The highest BCUT2D eigenvalue weighted by Gasteiger charge is 2.44. The number of halogens is 3. The Morgan fingerprint density at radius 2 is 1.64 bits per heavy atom. The fraction of sp³-hybridized carbons (Fsp3) is 0.639. The van der Waals surface area contributed by atoms with Crippen LogP contribution in [0.25, 0.3) is 0 Å². The Kier molecular flexibility index (Phi) is 15.6. The van der Waals surface area contributed by atoms with Gasteiger partial charge in [-0.3, -0.25) is 9.59 Å². The molecule has 1 aromatic carbocycles. The molecular weight excluding hydrogens is 768 g/mol. The molecule has 3 heterocycles. The van der Waals surface area contributed by atoms with E-state index >= 15 is 8.78 Å². The minimum Gasteiger partial charge on any atom is -0.437 e. The van der Waals surface area contributed by atoms with Crippen LogP contribution >= 0.6 is 11.6 Å². The van der Waals surface area contributed by atoms with Crippen molar-refractivity contribution in [2.75, 3.05) is 75.8 Å². The molecule has 1 atom stereocenters. The lowest BCUT2D eigenvalue weighted by atomic mass is 9.77. The van der Waals surface area contributed by atoms with E-state index in [1.54, 1.807) is 35.6 Å². The van der Waals surface area contributed by atoms with Crippen molar-refractivity contribution >= 4 is 59.0 Å². The summed E-state index contributed by atoms with van der Waals surface area (Å²) in [6.07, 6.45) is 3.01. The molecule has 20 heteroatoms. The first kappa shape index (κ1) is 44.2. The van der Waals surface area contributed by atoms with Crippen molar-refractivity contribution in [2.45, 2.75) is 75.5 Å². The molecule has 5 N–H and O–H groups in total. The Balaban J connectivity index is 1.09. The first-order valence-electron chi connectivity index (χ1n) is 19.6. The molecule has 0 bridgehead atoms. The van der Waals surface area contributed by atoms with Gasteiger partial charge in [0.1, 0.15) is 11.0 Å². The summed E-state index contributed by atoms with van der Waals surface area (Å²) in [5.74, 6) is -4.45. The quantitative estimate of drug-likeness (QED) is 0.0851. The highest BCUT2D eigenvalue weighted by molar-refractivity contribution is 7.89. The predicted octanol–water partition coefficient (Wildman–Crippen LogP) is 2.48. The molecule has 1 aliphatic carbocycles. The van der Waals surface area contributed by atoms with Crippen molar-refractivity contribution in [3.63, 3.8) is 0 Å². The first-order valence-corrected chi connectivity index (χ1v) is 21.4. The van der Waals surface area contributed by atoms with Gasteiger partial charge in [0.05, 0.1) is 4.90 Å². The van der Waals surface area contributed by atoms with Gasteiger partial charge in [0.2, 0.25) is 21.8 Å². The van der Waals surface area contributed by atoms with Gasteiger partial charge in [0, 0.05) is 74.8 Å². The summed E-state index contributed by atoms with van der Waals surface area (Å²) in [6.45, 7) is 7.17. The lowest BCUT2D eigenvalue weighted by molar-refractivity contribution is -0.129. The largest absolute Gasteiger partial charge is 0.437 e. The molecule has 3 aliphatic rings. The predicted molar refractivity (Wildman–Crippen MR) is 215 cm³/mol. The van der Waals surface area contributed by atoms with Crippen LogP contribution in [0.15, 0.2) is 41.3 Å². The number of hydrogen-bond donors (Lipinski definition) is 5. The summed E-state index contributed by atoms with van der Waals surface area (Å²) in [6, 6.07) is 8.44. The van der Waals surface area contributed by atoms with Crippen LogP contribution in [0.4, 0.5) is 20.3 Å². The van der Waals surface area contributed by atoms with E-state index in [9.17, 15) is 28.1 Å². The Hall–Kier alpha value is -2.90. The van der Waals surface area contributed by atoms with Gasteiger partial charge < -0.3 is 40.5 Å². The average molecular weight is 823 g/mol. The molecule has 5 rings (SSSR count). The third kappa shape index (κ3) is 11.6. The fourth-order valence-electron chi connectivity index (χ4n) is 7.78. The highest BCUT2D eigenvalue weighted by atomic mass is 35.5. The number of aromatic nitrogens is 1. The van der Waals surface area contributed by atoms with Gasteiger partial charge in [-0.25, -0.2) is 22.2 Å². The number of nitrogens with one attached hydrogen (secondary N) is 3. The van der Waals surface area contributed by atoms with E-state index in [-0.39, 0.29) is 90.6 Å². The zero-order chi connectivity index (χ0) is 40.6. The first-order chi connectivity index (χ1) is 26.5. The number of carbonyl (C=O) groups is 2. The van der Waals surface area contributed by atoms with Gasteiger partial charge in [-0.1, -0.05) is 11.6 Å². The van der Waals surface area contributed by atoms with Crippen molar-refractivity contribution in [1.29, 1.82) is 0 Å². The summed E-state index contributed by atoms with van der Waals surface area (Å²) in [4.78, 5) is 35.3. The summed E-state index contributed by atoms with van der Waals surface area (Å²) in [5, 5.41) is 27.7. The van der Waals surface area contributed by atoms with Crippen LogP contribution in [0.2, 0.25) is 18.8 Å². The van der Waals surface area contributed by atoms with Crippen LogP contribution in [-0.4, -0.2) is 131 Å². The van der Waals surface area contributed by atoms with Crippen LogP contribution in [0, 0.1) is 11.8 Å². The van der Waals surface area contributed by atoms with Gasteiger partial charge >= 0.3 is 14.1 Å². The van der Waals surface area contributed by atoms with E-state index in [0.717, 1.165) is 32.5 Å². The maximum atomic E-state index is 16.0. The number of sulfonamides is 1. The molecule has 308 valence electrons. The summed E-state index contributed by atoms with van der Waals surface area (Å²) in [5.41, 5.74) is 0.318. The molecule has 2 aromatic rings. The topological polar surface area (TPSA) is 171 Å². The average Bonchev–Trinajstić information content (AvgIpc) is 3.53. The van der Waals surface area contributed by atoms with E-state index in [1.165, 1.54) is 28.6 Å². The Labute approximate surface area is 335 Å². The minimum atomic E-state index is -3.88. The van der Waals surface area contributed by atoms with Crippen LogP contribution in [-0.2, 0) is 25.5 Å². The maximum absolute atomic E-state index is 16.0. The molecule has 2 amide bonds. The number of anilines is 2. The van der Waals surface area contributed by atoms with Crippen LogP contribution in [0.3, 0.4) is 0 Å². The SMILES string of the molecule is CB(O)NCCCN(C)CCCNC(=O)C1CCC(C(F)(F)c2cc(Cl)nc(N3CCN(S(=O)(=O)c4ccc(N5C[C@H](NB(C)O)CC5=O)cc4)CC3)c2)CC1. The second kappa shape index (κ2) is 19.7. The van der Waals surface area contributed by atoms with Crippen molar-refractivity contribution in [1.82, 2.24) is 30.0 Å². The summed E-state index contributed by atoms with van der Waals surface area (Å²) < 4.78 is 60.5. The van der Waals surface area contributed by atoms with Crippen LogP contribution in [0.5, 0.6) is 0 Å². The number of nitrogens with zero attached hydrogens (tertiary/aromatic N) is 5. The third-order valence-electron chi connectivity index (χ3n) is 10.9. The Morgan fingerprint density at radius 1 is 1.00 bits per heavy atom. The number of alkyl halides is 2. The lowest BCUT2D eigenvalue weighted by Gasteiger charge is -2.36. The van der Waals surface area contributed by atoms with Gasteiger partial charge in [0.25, 0.3) is 5.92 Å². The molecule has 1 saturated carbocycles. The second-order valence-electron chi connectivity index (χ2n) is 15.3. The number of rotatable bonds is 18. The fourth-order valence-corrected chi connectivity index (χ4v) is 9.41. The second-order valence-corrected chi connectivity index (χ2v) is 17.6. The smallest absolute Gasteiger partial charge is 0.373 e. The highest BCUT2D eigenvalue weighted by Crippen LogP contribution is 2.46. The standard InChI is InChI=1S/C36H55B2ClF2N8O6S/c1-37(52)43-15-5-17-46(3)16-4-14-42-35(51)26-6-8-27(9-7-26)36(40,41)28-22-32(39)44-33(23-28)47-18-20-48(21-19-47)56(54,55)31-12-10-30(11-13-31)49-25-29(24-34(49)50)45-38(2)53/h10-13,22-23,26-27,29,43,45,52-53H,4-9,14-21,24-25H2,1-3H3,(H,42,51)/t26?,27?,29-/m1/s1. The number of hydrogen-bond acceptors (Lipinski definition) is 11. The van der Waals surface area contributed by atoms with E-state index in [4.69, 9.17) is 11.6 Å². The molecule has 14 nitrogen and oxygen atoms in total. The lowest BCUT2D eigenvalue weighted by Crippen LogP contribution is -2.49. The van der Waals surface area contributed by atoms with Crippen molar-refractivity contribution in [2.24, 2.45) is 11.8 Å². The number of pyridine rings is 1. The molecule has 0 spiro atoms. The molecule has 0 radical (unpaired) electrons. The Bertz CT molecular complexity index is 1740. The van der Waals surface area contributed by atoms with Gasteiger partial charge in [-0.05, 0) is 115 Å². The maximum Gasteiger partial charge on any atom is 0.373 e. The van der Waals surface area contributed by atoms with Crippen molar-refractivity contribution < 1.29 is 36.8 Å². The summed E-state index contributed by atoms with van der Waals surface area (Å²) >= 11 is 6.30. The van der Waals surface area contributed by atoms with E-state index in [0.29, 0.717) is 31.6 Å². The molecule has 56 heavy (non-hydrogen) atoms. The van der Waals surface area contributed by atoms with Crippen molar-refractivity contribution in [3.8, 4) is 0 Å². The van der Waals surface area contributed by atoms with Gasteiger partial charge in [-0.15, -0.1) is 0 Å². The molecular formula is C36H55B2ClF2N8O6S.